The Bertz CT molecular complexity index is 816. The first-order chi connectivity index (χ1) is 24.2. The zero-order valence-electron chi connectivity index (χ0n) is 32.3. The van der Waals surface area contributed by atoms with Crippen LogP contribution in [0.1, 0.15) is 200 Å². The predicted octanol–water partition coefficient (Wildman–Crippen LogP) is 10.8. The van der Waals surface area contributed by atoms with E-state index in [9.17, 15) is 19.0 Å². The summed E-state index contributed by atoms with van der Waals surface area (Å²) in [6.45, 7) is 3.91. The number of hydrogen-bond acceptors (Lipinski definition) is 8. The molecule has 0 fully saturated rings. The maximum atomic E-state index is 12.6. The number of phosphoric ester groups is 1. The number of carboxylic acid groups (broad SMARTS) is 1. The number of carbonyl (C=O) groups excluding carboxylic acids is 1. The molecule has 3 atom stereocenters. The molecule has 298 valence electrons. The highest BCUT2D eigenvalue weighted by Gasteiger charge is 2.27. The van der Waals surface area contributed by atoms with Crippen LogP contribution in [0.25, 0.3) is 0 Å². The molecule has 0 radical (unpaired) electrons. The molecular weight excluding hydrogens is 657 g/mol. The lowest BCUT2D eigenvalue weighted by atomic mass is 10.0. The smallest absolute Gasteiger partial charge is 0.472 e. The number of rotatable bonds is 40. The van der Waals surface area contributed by atoms with Crippen molar-refractivity contribution < 1.29 is 42.7 Å². The molecule has 0 aliphatic heterocycles. The molecule has 0 spiro atoms. The van der Waals surface area contributed by atoms with Crippen molar-refractivity contribution >= 4 is 19.8 Å². The highest BCUT2D eigenvalue weighted by atomic mass is 31.2. The standard InChI is InChI=1S/C39H78NO9P/c1-3-5-7-9-11-13-15-17-18-19-20-22-24-26-28-30-32-46-33-36(34-47-50(44,45)48-35-37(40)39(42)43)49-38(41)31-29-27-25-23-21-16-14-12-10-8-6-4-2/h36-37H,3-35,40H2,1-2H3,(H,42,43)(H,44,45)/t36-,37+/m1/s1. The molecule has 0 heterocycles. The van der Waals surface area contributed by atoms with Crippen molar-refractivity contribution in [2.24, 2.45) is 5.73 Å². The molecule has 0 saturated heterocycles. The number of esters is 1. The molecule has 0 aromatic heterocycles. The molecule has 10 nitrogen and oxygen atoms in total. The van der Waals surface area contributed by atoms with E-state index >= 15 is 0 Å². The third-order valence-electron chi connectivity index (χ3n) is 9.14. The van der Waals surface area contributed by atoms with E-state index in [2.05, 4.69) is 13.8 Å². The summed E-state index contributed by atoms with van der Waals surface area (Å²) in [4.78, 5) is 33.4. The van der Waals surface area contributed by atoms with Crippen molar-refractivity contribution in [1.82, 2.24) is 0 Å². The fourth-order valence-corrected chi connectivity index (χ4v) is 6.68. The molecule has 0 aromatic rings. The van der Waals surface area contributed by atoms with Crippen LogP contribution in [0.3, 0.4) is 0 Å². The van der Waals surface area contributed by atoms with E-state index < -0.39 is 45.1 Å². The molecule has 50 heavy (non-hydrogen) atoms. The Morgan fingerprint density at radius 3 is 1.32 bits per heavy atom. The van der Waals surface area contributed by atoms with Crippen LogP contribution in [0.5, 0.6) is 0 Å². The first-order valence-electron chi connectivity index (χ1n) is 20.6. The van der Waals surface area contributed by atoms with Gasteiger partial charge in [0.2, 0.25) is 0 Å². The van der Waals surface area contributed by atoms with E-state index in [-0.39, 0.29) is 13.0 Å². The van der Waals surface area contributed by atoms with Crippen molar-refractivity contribution in [1.29, 1.82) is 0 Å². The highest BCUT2D eigenvalue weighted by Crippen LogP contribution is 2.43. The quantitative estimate of drug-likeness (QED) is 0.0314. The van der Waals surface area contributed by atoms with E-state index in [0.29, 0.717) is 6.61 Å². The van der Waals surface area contributed by atoms with Crippen LogP contribution in [0, 0.1) is 0 Å². The van der Waals surface area contributed by atoms with Crippen molar-refractivity contribution in [2.75, 3.05) is 26.4 Å². The minimum Gasteiger partial charge on any atom is -0.480 e. The number of phosphoric acid groups is 1. The third-order valence-corrected chi connectivity index (χ3v) is 10.1. The van der Waals surface area contributed by atoms with Gasteiger partial charge in [-0.15, -0.1) is 0 Å². The number of carboxylic acids is 1. The minimum absolute atomic E-state index is 0.0254. The molecular formula is C39H78NO9P. The van der Waals surface area contributed by atoms with E-state index in [1.165, 1.54) is 141 Å². The summed E-state index contributed by atoms with van der Waals surface area (Å²) in [6, 6.07) is -1.47. The van der Waals surface area contributed by atoms with Crippen molar-refractivity contribution in [3.63, 3.8) is 0 Å². The Labute approximate surface area is 306 Å². The van der Waals surface area contributed by atoms with Gasteiger partial charge in [-0.1, -0.05) is 181 Å². The fraction of sp³-hybridized carbons (Fsp3) is 0.949. The molecule has 0 amide bonds. The van der Waals surface area contributed by atoms with Crippen LogP contribution in [-0.4, -0.2) is 60.5 Å². The Balaban J connectivity index is 4.21. The summed E-state index contributed by atoms with van der Waals surface area (Å²) in [6.07, 6.45) is 34.3. The fourth-order valence-electron chi connectivity index (χ4n) is 5.90. The lowest BCUT2D eigenvalue weighted by molar-refractivity contribution is -0.154. The topological polar surface area (TPSA) is 155 Å². The molecule has 0 aliphatic carbocycles. The first kappa shape index (κ1) is 49.0. The normalized spacial score (nSPS) is 14.0. The minimum atomic E-state index is -4.60. The molecule has 11 heteroatoms. The van der Waals surface area contributed by atoms with Gasteiger partial charge >= 0.3 is 19.8 Å². The van der Waals surface area contributed by atoms with Crippen LogP contribution in [0.15, 0.2) is 0 Å². The van der Waals surface area contributed by atoms with Crippen LogP contribution in [0.2, 0.25) is 0 Å². The Hall–Kier alpha value is -1.03. The molecule has 1 unspecified atom stereocenters. The zero-order chi connectivity index (χ0) is 37.0. The van der Waals surface area contributed by atoms with E-state index in [1.807, 2.05) is 0 Å². The predicted molar refractivity (Wildman–Crippen MR) is 203 cm³/mol. The zero-order valence-corrected chi connectivity index (χ0v) is 33.2. The van der Waals surface area contributed by atoms with Crippen molar-refractivity contribution in [3.05, 3.63) is 0 Å². The second-order valence-electron chi connectivity index (χ2n) is 14.1. The van der Waals surface area contributed by atoms with Crippen LogP contribution >= 0.6 is 7.82 Å². The number of aliphatic carboxylic acids is 1. The van der Waals surface area contributed by atoms with Crippen LogP contribution < -0.4 is 5.73 Å². The van der Waals surface area contributed by atoms with Crippen LogP contribution in [-0.2, 0) is 32.7 Å². The SMILES string of the molecule is CCCCCCCCCCCCCCCCCCOC[C@H](COP(=O)(O)OC[C@H](N)C(=O)O)OC(=O)CCCCCCCCCCCCCC. The largest absolute Gasteiger partial charge is 0.480 e. The second-order valence-corrected chi connectivity index (χ2v) is 15.6. The monoisotopic (exact) mass is 736 g/mol. The van der Waals surface area contributed by atoms with Gasteiger partial charge in [0, 0.05) is 13.0 Å². The number of carbonyl (C=O) groups is 2. The van der Waals surface area contributed by atoms with Crippen molar-refractivity contribution in [3.8, 4) is 0 Å². The molecule has 0 aromatic carbocycles. The molecule has 0 rings (SSSR count). The van der Waals surface area contributed by atoms with Gasteiger partial charge in [-0.25, -0.2) is 4.57 Å². The second kappa shape index (κ2) is 36.3. The van der Waals surface area contributed by atoms with Gasteiger partial charge < -0.3 is 25.2 Å². The van der Waals surface area contributed by atoms with Gasteiger partial charge in [0.05, 0.1) is 19.8 Å². The number of ether oxygens (including phenoxy) is 2. The maximum absolute atomic E-state index is 12.6. The maximum Gasteiger partial charge on any atom is 0.472 e. The summed E-state index contributed by atoms with van der Waals surface area (Å²) < 4.78 is 33.3. The lowest BCUT2D eigenvalue weighted by Crippen LogP contribution is -2.34. The molecule has 0 saturated carbocycles. The highest BCUT2D eigenvalue weighted by molar-refractivity contribution is 7.47. The summed E-state index contributed by atoms with van der Waals surface area (Å²) in [7, 11) is -4.60. The molecule has 0 bridgehead atoms. The van der Waals surface area contributed by atoms with Gasteiger partial charge in [0.15, 0.2) is 0 Å². The van der Waals surface area contributed by atoms with Gasteiger partial charge in [0.25, 0.3) is 0 Å². The van der Waals surface area contributed by atoms with Gasteiger partial charge in [-0.05, 0) is 12.8 Å². The van der Waals surface area contributed by atoms with E-state index in [0.717, 1.165) is 38.5 Å². The summed E-state index contributed by atoms with van der Waals surface area (Å²) in [5.74, 6) is -1.77. The summed E-state index contributed by atoms with van der Waals surface area (Å²) in [5.41, 5.74) is 5.34. The first-order valence-corrected chi connectivity index (χ1v) is 22.1. The average molecular weight is 736 g/mol. The summed E-state index contributed by atoms with van der Waals surface area (Å²) >= 11 is 0. The number of unbranched alkanes of at least 4 members (excludes halogenated alkanes) is 26. The molecule has 0 aliphatic rings. The molecule has 4 N–H and O–H groups in total. The Morgan fingerprint density at radius 1 is 0.560 bits per heavy atom. The lowest BCUT2D eigenvalue weighted by Gasteiger charge is -2.20. The third kappa shape index (κ3) is 35.4. The van der Waals surface area contributed by atoms with E-state index in [4.69, 9.17) is 29.4 Å². The average Bonchev–Trinajstić information content (AvgIpc) is 3.09. The van der Waals surface area contributed by atoms with Gasteiger partial charge in [0.1, 0.15) is 12.1 Å². The van der Waals surface area contributed by atoms with Crippen molar-refractivity contribution in [2.45, 2.75) is 212 Å². The van der Waals surface area contributed by atoms with Gasteiger partial charge in [-0.2, -0.15) is 0 Å². The van der Waals surface area contributed by atoms with Gasteiger partial charge in [-0.3, -0.25) is 18.6 Å². The number of nitrogens with two attached hydrogens (primary N) is 1. The Morgan fingerprint density at radius 2 is 0.920 bits per heavy atom. The van der Waals surface area contributed by atoms with E-state index in [1.54, 1.807) is 0 Å². The van der Waals surface area contributed by atoms with Crippen LogP contribution in [0.4, 0.5) is 0 Å². The summed E-state index contributed by atoms with van der Waals surface area (Å²) in [5, 5.41) is 8.87. The Kier molecular flexibility index (Phi) is 35.6. The number of hydrogen-bond donors (Lipinski definition) is 3.